The zero-order valence-electron chi connectivity index (χ0n) is 17.0. The highest BCUT2D eigenvalue weighted by Gasteiger charge is 2.14. The number of rotatable bonds is 11. The van der Waals surface area contributed by atoms with Gasteiger partial charge in [-0.25, -0.2) is 13.1 Å². The van der Waals surface area contributed by atoms with Crippen LogP contribution in [0.2, 0.25) is 0 Å². The number of amides is 1. The smallest absolute Gasteiger partial charge is 0.251 e. The Bertz CT molecular complexity index is 921. The molecule has 0 aliphatic carbocycles. The fraction of sp³-hybridized carbons (Fsp3) is 0.318. The van der Waals surface area contributed by atoms with E-state index in [-0.39, 0.29) is 17.3 Å². The third-order valence-electron chi connectivity index (χ3n) is 4.59. The zero-order valence-corrected chi connectivity index (χ0v) is 17.8. The molecule has 29 heavy (non-hydrogen) atoms. The molecule has 0 saturated carbocycles. The second kappa shape index (κ2) is 10.9. The van der Waals surface area contributed by atoms with Gasteiger partial charge in [0.2, 0.25) is 10.0 Å². The summed E-state index contributed by atoms with van der Waals surface area (Å²) in [5, 5.41) is 2.89. The fourth-order valence-corrected chi connectivity index (χ4v) is 3.86. The SMILES string of the molecule is C=CCNS(=O)(=O)c1ccc(C(=O)NCc2cccc(CN(CC)CC)c2)cc1. The molecule has 2 rings (SSSR count). The highest BCUT2D eigenvalue weighted by Crippen LogP contribution is 2.12. The molecule has 0 heterocycles. The molecule has 0 radical (unpaired) electrons. The van der Waals surface area contributed by atoms with E-state index in [1.54, 1.807) is 0 Å². The predicted octanol–water partition coefficient (Wildman–Crippen LogP) is 2.92. The minimum Gasteiger partial charge on any atom is -0.348 e. The van der Waals surface area contributed by atoms with Crippen molar-refractivity contribution in [2.75, 3.05) is 19.6 Å². The van der Waals surface area contributed by atoms with Crippen molar-refractivity contribution < 1.29 is 13.2 Å². The van der Waals surface area contributed by atoms with E-state index < -0.39 is 10.0 Å². The molecule has 2 aromatic carbocycles. The van der Waals surface area contributed by atoms with Crippen LogP contribution in [0.4, 0.5) is 0 Å². The van der Waals surface area contributed by atoms with E-state index in [1.165, 1.54) is 35.9 Å². The molecule has 0 aliphatic heterocycles. The Hall–Kier alpha value is -2.48. The maximum Gasteiger partial charge on any atom is 0.251 e. The number of benzene rings is 2. The number of sulfonamides is 1. The van der Waals surface area contributed by atoms with Gasteiger partial charge in [-0.05, 0) is 48.5 Å². The van der Waals surface area contributed by atoms with Crippen LogP contribution in [-0.2, 0) is 23.1 Å². The van der Waals surface area contributed by atoms with Gasteiger partial charge in [0, 0.05) is 25.2 Å². The predicted molar refractivity (Wildman–Crippen MR) is 116 cm³/mol. The summed E-state index contributed by atoms with van der Waals surface area (Å²) in [6.07, 6.45) is 1.47. The summed E-state index contributed by atoms with van der Waals surface area (Å²) < 4.78 is 26.5. The van der Waals surface area contributed by atoms with Crippen molar-refractivity contribution in [2.45, 2.75) is 31.8 Å². The van der Waals surface area contributed by atoms with Crippen LogP contribution >= 0.6 is 0 Å². The van der Waals surface area contributed by atoms with Gasteiger partial charge in [-0.15, -0.1) is 6.58 Å². The molecule has 2 aromatic rings. The Morgan fingerprint density at radius 3 is 2.34 bits per heavy atom. The van der Waals surface area contributed by atoms with Gasteiger partial charge in [-0.3, -0.25) is 9.69 Å². The molecule has 1 amide bonds. The summed E-state index contributed by atoms with van der Waals surface area (Å²) in [6.45, 7) is 11.2. The van der Waals surface area contributed by atoms with Gasteiger partial charge < -0.3 is 5.32 Å². The first-order valence-electron chi connectivity index (χ1n) is 9.68. The van der Waals surface area contributed by atoms with Crippen LogP contribution in [0.5, 0.6) is 0 Å². The van der Waals surface area contributed by atoms with Crippen LogP contribution in [0.1, 0.15) is 35.3 Å². The Morgan fingerprint density at radius 1 is 1.07 bits per heavy atom. The number of nitrogens with zero attached hydrogens (tertiary/aromatic N) is 1. The van der Waals surface area contributed by atoms with Crippen molar-refractivity contribution in [3.8, 4) is 0 Å². The number of carbonyl (C=O) groups excluding carboxylic acids is 1. The van der Waals surface area contributed by atoms with Crippen molar-refractivity contribution in [3.63, 3.8) is 0 Å². The maximum atomic E-state index is 12.4. The van der Waals surface area contributed by atoms with Gasteiger partial charge in [-0.2, -0.15) is 0 Å². The normalized spacial score (nSPS) is 11.4. The first-order valence-corrected chi connectivity index (χ1v) is 11.2. The molecule has 0 spiro atoms. The van der Waals surface area contributed by atoms with Crippen molar-refractivity contribution in [3.05, 3.63) is 77.9 Å². The first-order chi connectivity index (χ1) is 13.9. The van der Waals surface area contributed by atoms with E-state index in [1.807, 2.05) is 12.1 Å². The third-order valence-corrected chi connectivity index (χ3v) is 6.03. The minimum absolute atomic E-state index is 0.111. The summed E-state index contributed by atoms with van der Waals surface area (Å²) >= 11 is 0. The lowest BCUT2D eigenvalue weighted by molar-refractivity contribution is 0.0951. The number of nitrogens with one attached hydrogen (secondary N) is 2. The minimum atomic E-state index is -3.60. The number of hydrogen-bond acceptors (Lipinski definition) is 4. The molecule has 156 valence electrons. The van der Waals surface area contributed by atoms with Crippen molar-refractivity contribution >= 4 is 15.9 Å². The quantitative estimate of drug-likeness (QED) is 0.553. The Kier molecular flexibility index (Phi) is 8.57. The van der Waals surface area contributed by atoms with Gasteiger partial charge in [0.1, 0.15) is 0 Å². The summed E-state index contributed by atoms with van der Waals surface area (Å²) in [4.78, 5) is 14.9. The van der Waals surface area contributed by atoms with Gasteiger partial charge in [0.25, 0.3) is 5.91 Å². The molecule has 0 atom stereocenters. The number of hydrogen-bond donors (Lipinski definition) is 2. The second-order valence-corrected chi connectivity index (χ2v) is 8.40. The van der Waals surface area contributed by atoms with Crippen LogP contribution in [0.3, 0.4) is 0 Å². The maximum absolute atomic E-state index is 12.4. The largest absolute Gasteiger partial charge is 0.348 e. The van der Waals surface area contributed by atoms with E-state index in [0.717, 1.165) is 25.2 Å². The highest BCUT2D eigenvalue weighted by atomic mass is 32.2. The van der Waals surface area contributed by atoms with E-state index in [0.29, 0.717) is 12.1 Å². The molecule has 6 nitrogen and oxygen atoms in total. The van der Waals surface area contributed by atoms with E-state index >= 15 is 0 Å². The van der Waals surface area contributed by atoms with Crippen LogP contribution < -0.4 is 10.0 Å². The summed E-state index contributed by atoms with van der Waals surface area (Å²) in [5.41, 5.74) is 2.64. The van der Waals surface area contributed by atoms with Crippen molar-refractivity contribution in [2.24, 2.45) is 0 Å². The first kappa shape index (κ1) is 22.8. The van der Waals surface area contributed by atoms with E-state index in [9.17, 15) is 13.2 Å². The highest BCUT2D eigenvalue weighted by molar-refractivity contribution is 7.89. The lowest BCUT2D eigenvalue weighted by atomic mass is 10.1. The van der Waals surface area contributed by atoms with Crippen molar-refractivity contribution in [1.82, 2.24) is 14.9 Å². The molecular formula is C22H29N3O3S. The molecule has 7 heteroatoms. The monoisotopic (exact) mass is 415 g/mol. The molecular weight excluding hydrogens is 386 g/mol. The topological polar surface area (TPSA) is 78.5 Å². The molecule has 2 N–H and O–H groups in total. The third kappa shape index (κ3) is 6.81. The zero-order chi connectivity index (χ0) is 21.3. The van der Waals surface area contributed by atoms with Gasteiger partial charge in [0.15, 0.2) is 0 Å². The lowest BCUT2D eigenvalue weighted by Crippen LogP contribution is -2.25. The Labute approximate surface area is 173 Å². The Balaban J connectivity index is 1.98. The van der Waals surface area contributed by atoms with Crippen molar-refractivity contribution in [1.29, 1.82) is 0 Å². The summed E-state index contributed by atoms with van der Waals surface area (Å²) in [6, 6.07) is 14.0. The van der Waals surface area contributed by atoms with Crippen LogP contribution in [0.15, 0.2) is 66.1 Å². The van der Waals surface area contributed by atoms with Gasteiger partial charge in [-0.1, -0.05) is 44.2 Å². The average molecular weight is 416 g/mol. The summed E-state index contributed by atoms with van der Waals surface area (Å²) in [7, 11) is -3.60. The lowest BCUT2D eigenvalue weighted by Gasteiger charge is -2.18. The standard InChI is InChI=1S/C22H29N3O3S/c1-4-14-24-29(27,28)21-12-10-20(11-13-21)22(26)23-16-18-8-7-9-19(15-18)17-25(5-2)6-3/h4,7-13,15,24H,1,5-6,14,16-17H2,2-3H3,(H,23,26). The van der Waals surface area contributed by atoms with Gasteiger partial charge >= 0.3 is 0 Å². The van der Waals surface area contributed by atoms with E-state index in [4.69, 9.17) is 0 Å². The molecule has 0 bridgehead atoms. The summed E-state index contributed by atoms with van der Waals surface area (Å²) in [5.74, 6) is -0.248. The molecule has 0 aromatic heterocycles. The average Bonchev–Trinajstić information content (AvgIpc) is 2.74. The second-order valence-electron chi connectivity index (χ2n) is 6.63. The van der Waals surface area contributed by atoms with Crippen LogP contribution in [0.25, 0.3) is 0 Å². The van der Waals surface area contributed by atoms with Gasteiger partial charge in [0.05, 0.1) is 4.90 Å². The van der Waals surface area contributed by atoms with E-state index in [2.05, 4.69) is 47.5 Å². The Morgan fingerprint density at radius 2 is 1.72 bits per heavy atom. The van der Waals surface area contributed by atoms with Crippen LogP contribution in [-0.4, -0.2) is 38.9 Å². The fourth-order valence-electron chi connectivity index (χ4n) is 2.87. The van der Waals surface area contributed by atoms with Crippen LogP contribution in [0, 0.1) is 0 Å². The number of carbonyl (C=O) groups is 1. The molecule has 0 unspecified atom stereocenters. The molecule has 0 saturated heterocycles. The molecule has 0 fully saturated rings. The molecule has 0 aliphatic rings.